The lowest BCUT2D eigenvalue weighted by Gasteiger charge is -2.38. The fourth-order valence-corrected chi connectivity index (χ4v) is 6.16. The lowest BCUT2D eigenvalue weighted by Crippen LogP contribution is -2.43. The van der Waals surface area contributed by atoms with Gasteiger partial charge in [0.15, 0.2) is 0 Å². The van der Waals surface area contributed by atoms with E-state index in [4.69, 9.17) is 16.3 Å². The van der Waals surface area contributed by atoms with Gasteiger partial charge in [0.2, 0.25) is 0 Å². The molecule has 0 bridgehead atoms. The van der Waals surface area contributed by atoms with E-state index in [0.29, 0.717) is 18.1 Å². The van der Waals surface area contributed by atoms with Gasteiger partial charge in [-0.1, -0.05) is 11.6 Å². The van der Waals surface area contributed by atoms with Gasteiger partial charge in [-0.15, -0.1) is 11.3 Å². The number of aromatic nitrogens is 2. The van der Waals surface area contributed by atoms with Gasteiger partial charge in [0.05, 0.1) is 22.5 Å². The fraction of sp³-hybridized carbons (Fsp3) is 0.480. The third-order valence-electron chi connectivity index (χ3n) is 6.32. The molecule has 1 N–H and O–H groups in total. The number of ether oxygens (including phenoxy) is 1. The predicted molar refractivity (Wildman–Crippen MR) is 136 cm³/mol. The van der Waals surface area contributed by atoms with Crippen molar-refractivity contribution in [1.29, 1.82) is 0 Å². The van der Waals surface area contributed by atoms with Crippen molar-refractivity contribution in [3.63, 3.8) is 0 Å². The molecule has 2 aliphatic rings. The van der Waals surface area contributed by atoms with E-state index in [1.165, 1.54) is 16.9 Å². The Morgan fingerprint density at radius 1 is 1.26 bits per heavy atom. The number of aliphatic hydroxyl groups is 1. The number of thiophene rings is 1. The number of carbonyl (C=O) groups excluding carboxylic acids is 1. The van der Waals surface area contributed by atoms with Crippen LogP contribution in [0.4, 0.5) is 10.5 Å². The zero-order valence-electron chi connectivity index (χ0n) is 19.7. The molecular weight excluding hydrogens is 472 g/mol. The second-order valence-corrected chi connectivity index (χ2v) is 11.5. The third-order valence-corrected chi connectivity index (χ3v) is 7.65. The quantitative estimate of drug-likeness (QED) is 0.528. The zero-order valence-corrected chi connectivity index (χ0v) is 21.2. The summed E-state index contributed by atoms with van der Waals surface area (Å²) in [6, 6.07) is 6.15. The van der Waals surface area contributed by atoms with Crippen LogP contribution in [0.2, 0.25) is 5.02 Å². The van der Waals surface area contributed by atoms with E-state index >= 15 is 0 Å². The molecule has 0 saturated carbocycles. The fourth-order valence-electron chi connectivity index (χ4n) is 4.94. The molecule has 0 spiro atoms. The van der Waals surface area contributed by atoms with Crippen LogP contribution in [-0.2, 0) is 17.8 Å². The number of halogens is 1. The highest BCUT2D eigenvalue weighted by atomic mass is 35.5. The minimum absolute atomic E-state index is 0.0250. The largest absolute Gasteiger partial charge is 0.444 e. The number of amides is 1. The maximum atomic E-state index is 12.7. The van der Waals surface area contributed by atoms with Crippen molar-refractivity contribution < 1.29 is 14.6 Å². The van der Waals surface area contributed by atoms with E-state index < -0.39 is 5.60 Å². The van der Waals surface area contributed by atoms with E-state index in [1.807, 2.05) is 37.8 Å². The first kappa shape index (κ1) is 23.3. The van der Waals surface area contributed by atoms with Gasteiger partial charge < -0.3 is 19.6 Å². The van der Waals surface area contributed by atoms with Crippen molar-refractivity contribution in [2.45, 2.75) is 58.3 Å². The molecule has 9 heteroatoms. The first-order chi connectivity index (χ1) is 16.2. The Hall–Kier alpha value is -2.42. The molecule has 7 nitrogen and oxygen atoms in total. The number of hydrogen-bond acceptors (Lipinski definition) is 7. The molecule has 1 aromatic carbocycles. The summed E-state index contributed by atoms with van der Waals surface area (Å²) in [4.78, 5) is 26.9. The van der Waals surface area contributed by atoms with E-state index in [1.54, 1.807) is 6.33 Å². The lowest BCUT2D eigenvalue weighted by molar-refractivity contribution is 0.0292. The molecule has 1 atom stereocenters. The van der Waals surface area contributed by atoms with Crippen LogP contribution in [0.25, 0.3) is 21.5 Å². The molecule has 34 heavy (non-hydrogen) atoms. The number of fused-ring (bicyclic) bond motifs is 2. The Bertz CT molecular complexity index is 1240. The highest BCUT2D eigenvalue weighted by molar-refractivity contribution is 7.19. The molecule has 0 radical (unpaired) electrons. The van der Waals surface area contributed by atoms with Crippen molar-refractivity contribution in [2.75, 3.05) is 24.5 Å². The van der Waals surface area contributed by atoms with Crippen LogP contribution in [0.5, 0.6) is 0 Å². The molecule has 3 aromatic rings. The van der Waals surface area contributed by atoms with Crippen LogP contribution in [-0.4, -0.2) is 57.3 Å². The molecule has 1 saturated heterocycles. The average Bonchev–Trinajstić information content (AvgIpc) is 3.44. The van der Waals surface area contributed by atoms with Gasteiger partial charge in [0, 0.05) is 46.8 Å². The Kier molecular flexibility index (Phi) is 6.16. The third kappa shape index (κ3) is 4.46. The molecule has 0 aliphatic carbocycles. The highest BCUT2D eigenvalue weighted by Gasteiger charge is 2.36. The van der Waals surface area contributed by atoms with Crippen LogP contribution < -0.4 is 4.90 Å². The summed E-state index contributed by atoms with van der Waals surface area (Å²) in [5.74, 6) is 0. The summed E-state index contributed by atoms with van der Waals surface area (Å²) >= 11 is 8.09. The van der Waals surface area contributed by atoms with Gasteiger partial charge in [-0.3, -0.25) is 0 Å². The minimum Gasteiger partial charge on any atom is -0.444 e. The van der Waals surface area contributed by atoms with Gasteiger partial charge >= 0.3 is 6.09 Å². The molecule has 1 amide bonds. The van der Waals surface area contributed by atoms with Gasteiger partial charge in [-0.25, -0.2) is 14.8 Å². The van der Waals surface area contributed by atoms with Gasteiger partial charge in [-0.2, -0.15) is 0 Å². The van der Waals surface area contributed by atoms with Crippen molar-refractivity contribution >= 4 is 44.9 Å². The summed E-state index contributed by atoms with van der Waals surface area (Å²) in [7, 11) is 0. The smallest absolute Gasteiger partial charge is 0.410 e. The number of anilines is 1. The molecule has 1 unspecified atom stereocenters. The van der Waals surface area contributed by atoms with Crippen LogP contribution >= 0.6 is 22.9 Å². The van der Waals surface area contributed by atoms with Gasteiger partial charge in [0.1, 0.15) is 11.9 Å². The predicted octanol–water partition coefficient (Wildman–Crippen LogP) is 5.27. The number of carbonyl (C=O) groups is 1. The van der Waals surface area contributed by atoms with Gasteiger partial charge in [0.25, 0.3) is 0 Å². The molecule has 4 heterocycles. The SMILES string of the molecule is CC(C)(C)OC(=O)N1CCC(N2CCCc3cc(Cl)cc(-c4ncnc5cc(CO)sc45)c32)C1. The Morgan fingerprint density at radius 3 is 2.85 bits per heavy atom. The Labute approximate surface area is 208 Å². The molecule has 2 aliphatic heterocycles. The van der Waals surface area contributed by atoms with E-state index in [0.717, 1.165) is 57.8 Å². The van der Waals surface area contributed by atoms with E-state index in [-0.39, 0.29) is 18.7 Å². The van der Waals surface area contributed by atoms with Crippen molar-refractivity contribution in [2.24, 2.45) is 0 Å². The number of hydrogen-bond donors (Lipinski definition) is 1. The molecular formula is C25H29ClN4O3S. The van der Waals surface area contributed by atoms with Gasteiger partial charge in [-0.05, 0) is 63.8 Å². The number of benzene rings is 1. The van der Waals surface area contributed by atoms with Crippen LogP contribution in [0.3, 0.4) is 0 Å². The normalized spacial score (nSPS) is 18.4. The Balaban J connectivity index is 1.53. The maximum absolute atomic E-state index is 12.7. The van der Waals surface area contributed by atoms with Crippen LogP contribution in [0.1, 0.15) is 44.1 Å². The summed E-state index contributed by atoms with van der Waals surface area (Å²) in [5, 5.41) is 10.3. The molecule has 2 aromatic heterocycles. The summed E-state index contributed by atoms with van der Waals surface area (Å²) < 4.78 is 6.56. The second kappa shape index (κ2) is 8.98. The molecule has 5 rings (SSSR count). The topological polar surface area (TPSA) is 78.8 Å². The maximum Gasteiger partial charge on any atom is 0.410 e. The standard InChI is InChI=1S/C25H29ClN4O3S/c1-25(2,3)33-24(32)29-8-6-17(12-29)30-7-4-5-15-9-16(26)10-19(22(15)30)21-23-20(27-14-28-21)11-18(13-31)34-23/h9-11,14,17,31H,4-8,12-13H2,1-3H3. The van der Waals surface area contributed by atoms with E-state index in [2.05, 4.69) is 20.9 Å². The Morgan fingerprint density at radius 2 is 2.09 bits per heavy atom. The highest BCUT2D eigenvalue weighted by Crippen LogP contribution is 2.44. The number of aliphatic hydroxyl groups excluding tert-OH is 1. The summed E-state index contributed by atoms with van der Waals surface area (Å²) in [6.45, 7) is 7.87. The van der Waals surface area contributed by atoms with Crippen molar-refractivity contribution in [3.8, 4) is 11.3 Å². The number of rotatable bonds is 3. The molecule has 180 valence electrons. The van der Waals surface area contributed by atoms with Crippen LogP contribution in [0, 0.1) is 0 Å². The monoisotopic (exact) mass is 500 g/mol. The van der Waals surface area contributed by atoms with Crippen molar-refractivity contribution in [3.05, 3.63) is 40.0 Å². The first-order valence-electron chi connectivity index (χ1n) is 11.6. The summed E-state index contributed by atoms with van der Waals surface area (Å²) in [6.07, 6.45) is 4.18. The number of aryl methyl sites for hydroxylation is 1. The van der Waals surface area contributed by atoms with Crippen molar-refractivity contribution in [1.82, 2.24) is 14.9 Å². The van der Waals surface area contributed by atoms with Crippen LogP contribution in [0.15, 0.2) is 24.5 Å². The number of likely N-dealkylation sites (tertiary alicyclic amines) is 1. The zero-order chi connectivity index (χ0) is 24.0. The minimum atomic E-state index is -0.511. The van der Waals surface area contributed by atoms with E-state index in [9.17, 15) is 9.90 Å². The first-order valence-corrected chi connectivity index (χ1v) is 12.8. The lowest BCUT2D eigenvalue weighted by atomic mass is 9.94. The summed E-state index contributed by atoms with van der Waals surface area (Å²) in [5.41, 5.74) is 4.48. The average molecular weight is 501 g/mol. The molecule has 1 fully saturated rings. The number of nitrogens with zero attached hydrogens (tertiary/aromatic N) is 4. The second-order valence-electron chi connectivity index (χ2n) is 9.93.